The monoisotopic (exact) mass is 464 g/mol. The van der Waals surface area contributed by atoms with Gasteiger partial charge >= 0.3 is 5.97 Å². The predicted molar refractivity (Wildman–Crippen MR) is 132 cm³/mol. The molecule has 2 heterocycles. The highest BCUT2D eigenvalue weighted by molar-refractivity contribution is 5.97. The fourth-order valence-corrected chi connectivity index (χ4v) is 5.02. The van der Waals surface area contributed by atoms with Gasteiger partial charge in [-0.25, -0.2) is 0 Å². The van der Waals surface area contributed by atoms with E-state index in [9.17, 15) is 9.59 Å². The third-order valence-electron chi connectivity index (χ3n) is 6.73. The van der Waals surface area contributed by atoms with Gasteiger partial charge in [-0.1, -0.05) is 18.6 Å². The van der Waals surface area contributed by atoms with Crippen LogP contribution in [0.4, 0.5) is 0 Å². The number of likely N-dealkylation sites (tertiary alicyclic amines) is 2. The number of hydrogen-bond donors (Lipinski definition) is 0. The molecule has 2 aliphatic rings. The Kier molecular flexibility index (Phi) is 8.72. The highest BCUT2D eigenvalue weighted by Crippen LogP contribution is 2.33. The maximum atomic E-state index is 12.9. The van der Waals surface area contributed by atoms with Crippen LogP contribution in [0.2, 0.25) is 0 Å². The summed E-state index contributed by atoms with van der Waals surface area (Å²) in [6.45, 7) is 6.93. The van der Waals surface area contributed by atoms with E-state index >= 15 is 0 Å². The van der Waals surface area contributed by atoms with Crippen molar-refractivity contribution in [3.8, 4) is 11.5 Å². The van der Waals surface area contributed by atoms with E-state index in [1.807, 2.05) is 6.07 Å². The van der Waals surface area contributed by atoms with Crippen molar-refractivity contribution in [1.82, 2.24) is 9.80 Å². The van der Waals surface area contributed by atoms with E-state index in [4.69, 9.17) is 9.47 Å². The van der Waals surface area contributed by atoms with Crippen LogP contribution in [0.5, 0.6) is 11.5 Å². The average Bonchev–Trinajstić information content (AvgIpc) is 3.31. The summed E-state index contributed by atoms with van der Waals surface area (Å²) < 4.78 is 11.1. The molecule has 2 aromatic carbocycles. The van der Waals surface area contributed by atoms with E-state index in [1.54, 1.807) is 24.3 Å². The number of carbonyl (C=O) groups excluding carboxylic acids is 2. The largest absolute Gasteiger partial charge is 0.494 e. The molecule has 1 atom stereocenters. The molecule has 2 fully saturated rings. The van der Waals surface area contributed by atoms with Crippen molar-refractivity contribution in [2.45, 2.75) is 51.5 Å². The molecule has 34 heavy (non-hydrogen) atoms. The number of hydrogen-bond acceptors (Lipinski definition) is 6. The van der Waals surface area contributed by atoms with Crippen LogP contribution in [0.1, 0.15) is 67.4 Å². The third-order valence-corrected chi connectivity index (χ3v) is 6.73. The van der Waals surface area contributed by atoms with Crippen LogP contribution in [0.3, 0.4) is 0 Å². The Balaban J connectivity index is 1.30. The Labute approximate surface area is 202 Å². The first-order valence-corrected chi connectivity index (χ1v) is 12.6. The molecule has 0 saturated carbocycles. The molecule has 4 rings (SSSR count). The van der Waals surface area contributed by atoms with Gasteiger partial charge in [0, 0.05) is 25.1 Å². The molecule has 6 nitrogen and oxygen atoms in total. The van der Waals surface area contributed by atoms with E-state index < -0.39 is 0 Å². The van der Waals surface area contributed by atoms with Gasteiger partial charge in [0.25, 0.3) is 0 Å². The lowest BCUT2D eigenvalue weighted by molar-refractivity contribution is -0.131. The minimum absolute atomic E-state index is 0.0754. The molecule has 1 unspecified atom stereocenters. The van der Waals surface area contributed by atoms with Crippen LogP contribution in [-0.2, 0) is 4.79 Å². The molecule has 0 aromatic heterocycles. The third kappa shape index (κ3) is 6.90. The van der Waals surface area contributed by atoms with Crippen molar-refractivity contribution in [1.29, 1.82) is 0 Å². The van der Waals surface area contributed by atoms with Gasteiger partial charge in [-0.2, -0.15) is 0 Å². The highest BCUT2D eigenvalue weighted by Gasteiger charge is 2.28. The lowest BCUT2D eigenvalue weighted by atomic mass is 10.0. The second-order valence-electron chi connectivity index (χ2n) is 9.35. The SMILES string of the molecule is CC(=O)Oc1ccc(C(=O)CN2CCCC2c2cccc(OCCCN3CCCCC3)c2)cc1. The van der Waals surface area contributed by atoms with Gasteiger partial charge in [0.1, 0.15) is 11.5 Å². The van der Waals surface area contributed by atoms with E-state index in [1.165, 1.54) is 44.8 Å². The number of piperidine rings is 1. The van der Waals surface area contributed by atoms with Crippen LogP contribution in [0, 0.1) is 0 Å². The lowest BCUT2D eigenvalue weighted by Gasteiger charge is -2.26. The van der Waals surface area contributed by atoms with Crippen LogP contribution in [0.15, 0.2) is 48.5 Å². The zero-order valence-corrected chi connectivity index (χ0v) is 20.2. The Morgan fingerprint density at radius 3 is 2.50 bits per heavy atom. The fraction of sp³-hybridized carbons (Fsp3) is 0.500. The summed E-state index contributed by atoms with van der Waals surface area (Å²) >= 11 is 0. The number of rotatable bonds is 10. The molecular weight excluding hydrogens is 428 g/mol. The summed E-state index contributed by atoms with van der Waals surface area (Å²) in [4.78, 5) is 28.8. The van der Waals surface area contributed by atoms with Gasteiger partial charge in [-0.3, -0.25) is 14.5 Å². The molecular formula is C28H36N2O4. The van der Waals surface area contributed by atoms with E-state index in [2.05, 4.69) is 28.0 Å². The van der Waals surface area contributed by atoms with Crippen LogP contribution < -0.4 is 9.47 Å². The lowest BCUT2D eigenvalue weighted by Crippen LogP contribution is -2.31. The summed E-state index contributed by atoms with van der Waals surface area (Å²) in [5.41, 5.74) is 1.84. The molecule has 0 spiro atoms. The molecule has 2 saturated heterocycles. The van der Waals surface area contributed by atoms with Gasteiger partial charge < -0.3 is 14.4 Å². The Morgan fingerprint density at radius 1 is 0.941 bits per heavy atom. The molecule has 0 amide bonds. The van der Waals surface area contributed by atoms with Gasteiger partial charge in [0.05, 0.1) is 13.2 Å². The molecule has 0 bridgehead atoms. The highest BCUT2D eigenvalue weighted by atomic mass is 16.5. The maximum Gasteiger partial charge on any atom is 0.308 e. The number of benzene rings is 2. The summed E-state index contributed by atoms with van der Waals surface area (Å²) in [6, 6.07) is 15.4. The van der Waals surface area contributed by atoms with Crippen molar-refractivity contribution in [2.24, 2.45) is 0 Å². The second-order valence-corrected chi connectivity index (χ2v) is 9.35. The number of ether oxygens (including phenoxy) is 2. The van der Waals surface area contributed by atoms with Gasteiger partial charge in [-0.15, -0.1) is 0 Å². The second kappa shape index (κ2) is 12.1. The molecule has 0 N–H and O–H groups in total. The van der Waals surface area contributed by atoms with Crippen molar-refractivity contribution in [3.63, 3.8) is 0 Å². The minimum atomic E-state index is -0.368. The smallest absolute Gasteiger partial charge is 0.308 e. The van der Waals surface area contributed by atoms with Crippen LogP contribution in [-0.4, -0.2) is 60.9 Å². The number of ketones is 1. The number of Topliss-reactive ketones (excluding diaryl/α,β-unsaturated/α-hetero) is 1. The first-order chi connectivity index (χ1) is 16.6. The summed E-state index contributed by atoms with van der Waals surface area (Å²) in [5, 5.41) is 0. The van der Waals surface area contributed by atoms with E-state index in [0.29, 0.717) is 17.9 Å². The minimum Gasteiger partial charge on any atom is -0.494 e. The predicted octanol–water partition coefficient (Wildman–Crippen LogP) is 4.89. The molecule has 2 aliphatic heterocycles. The van der Waals surface area contributed by atoms with E-state index in [-0.39, 0.29) is 17.8 Å². The molecule has 2 aromatic rings. The number of nitrogens with zero attached hydrogens (tertiary/aromatic N) is 2. The molecule has 0 radical (unpaired) electrons. The first-order valence-electron chi connectivity index (χ1n) is 12.6. The topological polar surface area (TPSA) is 59.1 Å². The molecule has 6 heteroatoms. The summed E-state index contributed by atoms with van der Waals surface area (Å²) in [5.74, 6) is 1.07. The zero-order valence-electron chi connectivity index (χ0n) is 20.2. The maximum absolute atomic E-state index is 12.9. The Morgan fingerprint density at radius 2 is 1.74 bits per heavy atom. The summed E-state index contributed by atoms with van der Waals surface area (Å²) in [6.07, 6.45) is 7.17. The quantitative estimate of drug-likeness (QED) is 0.216. The molecule has 0 aliphatic carbocycles. The fourth-order valence-electron chi connectivity index (χ4n) is 5.02. The van der Waals surface area contributed by atoms with Crippen LogP contribution >= 0.6 is 0 Å². The summed E-state index contributed by atoms with van der Waals surface area (Å²) in [7, 11) is 0. The van der Waals surface area contributed by atoms with Crippen LogP contribution in [0.25, 0.3) is 0 Å². The Bertz CT molecular complexity index is 953. The number of esters is 1. The van der Waals surface area contributed by atoms with Gasteiger partial charge in [-0.05, 0) is 93.7 Å². The zero-order chi connectivity index (χ0) is 23.8. The number of carbonyl (C=O) groups is 2. The Hall–Kier alpha value is -2.70. The van der Waals surface area contributed by atoms with Crippen molar-refractivity contribution < 1.29 is 19.1 Å². The van der Waals surface area contributed by atoms with Gasteiger partial charge in [0.2, 0.25) is 0 Å². The van der Waals surface area contributed by atoms with Gasteiger partial charge in [0.15, 0.2) is 5.78 Å². The molecule has 182 valence electrons. The van der Waals surface area contributed by atoms with Crippen molar-refractivity contribution in [2.75, 3.05) is 39.3 Å². The van der Waals surface area contributed by atoms with E-state index in [0.717, 1.165) is 44.7 Å². The first kappa shape index (κ1) is 24.4. The van der Waals surface area contributed by atoms with Crippen molar-refractivity contribution in [3.05, 3.63) is 59.7 Å². The standard InChI is InChI=1S/C28H36N2O4/c1-22(31)34-25-13-11-23(12-14-25)28(32)21-30-18-6-10-27(30)24-8-5-9-26(20-24)33-19-7-17-29-15-3-2-4-16-29/h5,8-9,11-14,20,27H,2-4,6-7,10,15-19,21H2,1H3. The average molecular weight is 465 g/mol. The van der Waals surface area contributed by atoms with Crippen molar-refractivity contribution >= 4 is 11.8 Å². The normalized spacial score (nSPS) is 19.1.